The van der Waals surface area contributed by atoms with Crippen LogP contribution in [0.3, 0.4) is 0 Å². The van der Waals surface area contributed by atoms with Gasteiger partial charge in [0.05, 0.1) is 11.7 Å². The van der Waals surface area contributed by atoms with Gasteiger partial charge in [0.15, 0.2) is 0 Å². The van der Waals surface area contributed by atoms with Crippen LogP contribution >= 0.6 is 0 Å². The Morgan fingerprint density at radius 2 is 1.89 bits per heavy atom. The molecule has 1 heterocycles. The average Bonchev–Trinajstić information content (AvgIpc) is 2.44. The Hall–Kier alpha value is -0.930. The standard InChI is InChI=1S/C16H22FNO/c1-12-6-8-16(9-7-12)11-18-10-15(19-16)13-2-4-14(17)5-3-13/h2-5,12,15,18H,6-11H2,1H3. The first kappa shape index (κ1) is 13.1. The Bertz CT molecular complexity index is 423. The van der Waals surface area contributed by atoms with Gasteiger partial charge in [-0.25, -0.2) is 4.39 Å². The summed E-state index contributed by atoms with van der Waals surface area (Å²) in [7, 11) is 0. The first-order valence-electron chi connectivity index (χ1n) is 7.31. The molecule has 1 aromatic rings. The van der Waals surface area contributed by atoms with Crippen molar-refractivity contribution in [2.75, 3.05) is 13.1 Å². The Morgan fingerprint density at radius 3 is 2.58 bits per heavy atom. The van der Waals surface area contributed by atoms with Gasteiger partial charge in [-0.3, -0.25) is 0 Å². The number of hydrogen-bond acceptors (Lipinski definition) is 2. The lowest BCUT2D eigenvalue weighted by Crippen LogP contribution is -2.52. The molecule has 2 nitrogen and oxygen atoms in total. The third kappa shape index (κ3) is 2.82. The zero-order valence-corrected chi connectivity index (χ0v) is 11.5. The molecule has 0 radical (unpaired) electrons. The molecule has 2 fully saturated rings. The molecule has 0 aromatic heterocycles. The lowest BCUT2D eigenvalue weighted by molar-refractivity contribution is -0.140. The van der Waals surface area contributed by atoms with Crippen LogP contribution < -0.4 is 5.32 Å². The molecule has 19 heavy (non-hydrogen) atoms. The first-order valence-corrected chi connectivity index (χ1v) is 7.31. The van der Waals surface area contributed by atoms with Gasteiger partial charge in [0.2, 0.25) is 0 Å². The number of nitrogens with one attached hydrogen (secondary N) is 1. The van der Waals surface area contributed by atoms with Gasteiger partial charge in [-0.15, -0.1) is 0 Å². The number of ether oxygens (including phenoxy) is 1. The summed E-state index contributed by atoms with van der Waals surface area (Å²) in [6.07, 6.45) is 4.83. The maximum atomic E-state index is 13.0. The molecule has 1 aliphatic carbocycles. The van der Waals surface area contributed by atoms with E-state index in [0.29, 0.717) is 0 Å². The van der Waals surface area contributed by atoms with Gasteiger partial charge in [0, 0.05) is 13.1 Å². The van der Waals surface area contributed by atoms with E-state index in [1.807, 2.05) is 12.1 Å². The van der Waals surface area contributed by atoms with E-state index in [9.17, 15) is 4.39 Å². The summed E-state index contributed by atoms with van der Waals surface area (Å²) in [6, 6.07) is 6.71. The van der Waals surface area contributed by atoms with E-state index < -0.39 is 0 Å². The van der Waals surface area contributed by atoms with E-state index in [2.05, 4.69) is 12.2 Å². The summed E-state index contributed by atoms with van der Waals surface area (Å²) >= 11 is 0. The second-order valence-corrected chi connectivity index (χ2v) is 6.15. The van der Waals surface area contributed by atoms with Crippen LogP contribution in [0.25, 0.3) is 0 Å². The van der Waals surface area contributed by atoms with Crippen molar-refractivity contribution in [2.24, 2.45) is 5.92 Å². The summed E-state index contributed by atoms with van der Waals surface area (Å²) in [6.45, 7) is 4.10. The van der Waals surface area contributed by atoms with Crippen LogP contribution in [-0.4, -0.2) is 18.7 Å². The molecule has 104 valence electrons. The molecule has 2 aliphatic rings. The Kier molecular flexibility index (Phi) is 3.59. The third-order valence-corrected chi connectivity index (χ3v) is 4.60. The van der Waals surface area contributed by atoms with Crippen molar-refractivity contribution in [1.29, 1.82) is 0 Å². The average molecular weight is 263 g/mol. The van der Waals surface area contributed by atoms with Crippen LogP contribution in [0.4, 0.5) is 4.39 Å². The van der Waals surface area contributed by atoms with Crippen LogP contribution in [0.5, 0.6) is 0 Å². The number of morpholine rings is 1. The largest absolute Gasteiger partial charge is 0.364 e. The molecule has 1 atom stereocenters. The maximum absolute atomic E-state index is 13.0. The van der Waals surface area contributed by atoms with Gasteiger partial charge in [0.1, 0.15) is 5.82 Å². The summed E-state index contributed by atoms with van der Waals surface area (Å²) in [4.78, 5) is 0. The first-order chi connectivity index (χ1) is 9.17. The highest BCUT2D eigenvalue weighted by atomic mass is 19.1. The molecule has 0 amide bonds. The van der Waals surface area contributed by atoms with E-state index in [1.54, 1.807) is 0 Å². The lowest BCUT2D eigenvalue weighted by atomic mass is 9.78. The second kappa shape index (κ2) is 5.22. The molecule has 1 saturated carbocycles. The van der Waals surface area contributed by atoms with Gasteiger partial charge in [-0.05, 0) is 49.3 Å². The minimum Gasteiger partial charge on any atom is -0.364 e. The molecule has 1 saturated heterocycles. The van der Waals surface area contributed by atoms with Gasteiger partial charge in [-0.2, -0.15) is 0 Å². The monoisotopic (exact) mass is 263 g/mol. The normalized spacial score (nSPS) is 35.5. The molecule has 3 rings (SSSR count). The summed E-state index contributed by atoms with van der Waals surface area (Å²) in [5.41, 5.74) is 1.08. The van der Waals surface area contributed by atoms with Crippen LogP contribution in [0.2, 0.25) is 0 Å². The molecule has 1 N–H and O–H groups in total. The van der Waals surface area contributed by atoms with E-state index in [-0.39, 0.29) is 17.5 Å². The van der Waals surface area contributed by atoms with Crippen LogP contribution in [0, 0.1) is 11.7 Å². The minimum atomic E-state index is -0.186. The van der Waals surface area contributed by atoms with E-state index in [1.165, 1.54) is 25.0 Å². The van der Waals surface area contributed by atoms with E-state index >= 15 is 0 Å². The van der Waals surface area contributed by atoms with Crippen LogP contribution in [-0.2, 0) is 4.74 Å². The second-order valence-electron chi connectivity index (χ2n) is 6.15. The number of rotatable bonds is 1. The van der Waals surface area contributed by atoms with E-state index in [4.69, 9.17) is 4.74 Å². The third-order valence-electron chi connectivity index (χ3n) is 4.60. The van der Waals surface area contributed by atoms with Gasteiger partial charge < -0.3 is 10.1 Å². The maximum Gasteiger partial charge on any atom is 0.123 e. The number of benzene rings is 1. The molecule has 1 spiro atoms. The van der Waals surface area contributed by atoms with Gasteiger partial charge >= 0.3 is 0 Å². The smallest absolute Gasteiger partial charge is 0.123 e. The fraction of sp³-hybridized carbons (Fsp3) is 0.625. The topological polar surface area (TPSA) is 21.3 Å². The molecule has 3 heteroatoms. The zero-order valence-electron chi connectivity index (χ0n) is 11.5. The Balaban J connectivity index is 1.72. The van der Waals surface area contributed by atoms with Gasteiger partial charge in [-0.1, -0.05) is 19.1 Å². The van der Waals surface area contributed by atoms with Crippen LogP contribution in [0.15, 0.2) is 24.3 Å². The molecular weight excluding hydrogens is 241 g/mol. The molecule has 1 aromatic carbocycles. The van der Waals surface area contributed by atoms with Crippen molar-refractivity contribution >= 4 is 0 Å². The number of halogens is 1. The highest BCUT2D eigenvalue weighted by Gasteiger charge is 2.40. The molecule has 0 bridgehead atoms. The SMILES string of the molecule is CC1CCC2(CC1)CNCC(c1ccc(F)cc1)O2. The van der Waals surface area contributed by atoms with Crippen molar-refractivity contribution in [2.45, 2.75) is 44.3 Å². The van der Waals surface area contributed by atoms with E-state index in [0.717, 1.165) is 37.4 Å². The van der Waals surface area contributed by atoms with Gasteiger partial charge in [0.25, 0.3) is 0 Å². The summed E-state index contributed by atoms with van der Waals surface area (Å²) in [5, 5.41) is 3.50. The van der Waals surface area contributed by atoms with Crippen molar-refractivity contribution < 1.29 is 9.13 Å². The Labute approximate surface area is 114 Å². The fourth-order valence-corrected chi connectivity index (χ4v) is 3.26. The molecule has 1 unspecified atom stereocenters. The summed E-state index contributed by atoms with van der Waals surface area (Å²) < 4.78 is 19.4. The Morgan fingerprint density at radius 1 is 1.21 bits per heavy atom. The zero-order chi connectivity index (χ0) is 13.3. The van der Waals surface area contributed by atoms with Crippen molar-refractivity contribution in [3.05, 3.63) is 35.6 Å². The highest BCUT2D eigenvalue weighted by molar-refractivity contribution is 5.20. The van der Waals surface area contributed by atoms with Crippen molar-refractivity contribution in [3.8, 4) is 0 Å². The lowest BCUT2D eigenvalue weighted by Gasteiger charge is -2.45. The predicted molar refractivity (Wildman–Crippen MR) is 73.5 cm³/mol. The summed E-state index contributed by atoms with van der Waals surface area (Å²) in [5.74, 6) is 0.633. The van der Waals surface area contributed by atoms with Crippen molar-refractivity contribution in [3.63, 3.8) is 0 Å². The fourth-order valence-electron chi connectivity index (χ4n) is 3.26. The molecular formula is C16H22FNO. The predicted octanol–water partition coefficient (Wildman–Crippen LogP) is 3.44. The minimum absolute atomic E-state index is 0.00378. The van der Waals surface area contributed by atoms with Crippen molar-refractivity contribution in [1.82, 2.24) is 5.32 Å². The van der Waals surface area contributed by atoms with Crippen LogP contribution in [0.1, 0.15) is 44.3 Å². The quantitative estimate of drug-likeness (QED) is 0.838. The number of hydrogen-bond donors (Lipinski definition) is 1. The highest BCUT2D eigenvalue weighted by Crippen LogP contribution is 2.39. The molecule has 1 aliphatic heterocycles.